The molecule has 1 atom stereocenters. The predicted molar refractivity (Wildman–Crippen MR) is 18.7 cm³/mol. The van der Waals surface area contributed by atoms with Gasteiger partial charge in [0.1, 0.15) is 0 Å². The van der Waals surface area contributed by atoms with Gasteiger partial charge in [-0.3, -0.25) is 0 Å². The second-order valence-corrected chi connectivity index (χ2v) is 1.11. The number of rotatable bonds is 1. The summed E-state index contributed by atoms with van der Waals surface area (Å²) in [6, 6.07) is -0.843. The average molecular weight is 88.1 g/mol. The molecule has 0 aromatic rings. The third-order valence-corrected chi connectivity index (χ3v) is 0.372. The fourth-order valence-corrected chi connectivity index (χ4v) is 0. The molecule has 0 aliphatic carbocycles. The van der Waals surface area contributed by atoms with Gasteiger partial charge in [-0.15, -0.1) is 0 Å². The lowest BCUT2D eigenvalue weighted by Crippen LogP contribution is -2.39. The van der Waals surface area contributed by atoms with Crippen LogP contribution in [0.25, 0.3) is 0 Å². The molecule has 0 saturated carbocycles. The fraction of sp³-hybridized carbons (Fsp3) is 0.667. The van der Waals surface area contributed by atoms with Crippen molar-refractivity contribution in [2.75, 3.05) is 0 Å². The Labute approximate surface area is 35.8 Å². The number of carboxylic acids is 1. The Morgan fingerprint density at radius 2 is 2.17 bits per heavy atom. The third kappa shape index (κ3) is 1.72. The van der Waals surface area contributed by atoms with Gasteiger partial charge in [-0.2, -0.15) is 0 Å². The van der Waals surface area contributed by atoms with Gasteiger partial charge in [0.25, 0.3) is 0 Å². The van der Waals surface area contributed by atoms with Crippen LogP contribution in [-0.2, 0) is 4.79 Å². The topological polar surface area (TPSA) is 66.2 Å². The number of hydrogen-bond acceptors (Lipinski definition) is 3. The average Bonchev–Trinajstić information content (AvgIpc) is 1.36. The molecule has 36 valence electrons. The molecule has 0 radical (unpaired) electrons. The van der Waals surface area contributed by atoms with Crippen LogP contribution in [0.3, 0.4) is 0 Å². The molecular formula is C3H6NO2-. The zero-order valence-corrected chi connectivity index (χ0v) is 3.47. The monoisotopic (exact) mass is 88.0 g/mol. The van der Waals surface area contributed by atoms with Crippen molar-refractivity contribution in [3.63, 3.8) is 0 Å². The Kier molecular flexibility index (Phi) is 1.60. The standard InChI is InChI=1S/C3H7NO2/c1-2(4)3(5)6/h2H,4H2,1H3,(H,5,6)/p-1/t2-/m1/s1. The maximum atomic E-state index is 9.46. The summed E-state index contributed by atoms with van der Waals surface area (Å²) in [7, 11) is 0. The van der Waals surface area contributed by atoms with Gasteiger partial charge in [0, 0.05) is 6.04 Å². The zero-order chi connectivity index (χ0) is 5.15. The van der Waals surface area contributed by atoms with Crippen LogP contribution in [0.2, 0.25) is 0 Å². The molecule has 3 heteroatoms. The number of carboxylic acid groups (broad SMARTS) is 1. The van der Waals surface area contributed by atoms with Gasteiger partial charge in [0.15, 0.2) is 0 Å². The van der Waals surface area contributed by atoms with E-state index in [1.54, 1.807) is 0 Å². The lowest BCUT2D eigenvalue weighted by atomic mass is 10.4. The van der Waals surface area contributed by atoms with Crippen LogP contribution in [0.1, 0.15) is 6.92 Å². The van der Waals surface area contributed by atoms with Crippen molar-refractivity contribution in [3.8, 4) is 0 Å². The summed E-state index contributed by atoms with van der Waals surface area (Å²) >= 11 is 0. The number of aliphatic carboxylic acids is 1. The zero-order valence-electron chi connectivity index (χ0n) is 3.47. The molecule has 0 spiro atoms. The molecule has 0 unspecified atom stereocenters. The fourth-order valence-electron chi connectivity index (χ4n) is 0. The van der Waals surface area contributed by atoms with Gasteiger partial charge in [0.05, 0.1) is 5.97 Å². The van der Waals surface area contributed by atoms with Gasteiger partial charge < -0.3 is 15.6 Å². The minimum absolute atomic E-state index is 0.843. The van der Waals surface area contributed by atoms with Gasteiger partial charge in [-0.25, -0.2) is 0 Å². The molecule has 6 heavy (non-hydrogen) atoms. The quantitative estimate of drug-likeness (QED) is 0.406. The summed E-state index contributed by atoms with van der Waals surface area (Å²) < 4.78 is 0. The summed E-state index contributed by atoms with van der Waals surface area (Å²) in [4.78, 5) is 9.46. The molecule has 0 saturated heterocycles. The summed E-state index contributed by atoms with van der Waals surface area (Å²) in [5.74, 6) is -1.21. The molecule has 0 heterocycles. The molecular weight excluding hydrogens is 82.0 g/mol. The maximum Gasteiger partial charge on any atom is 0.0579 e. The first-order chi connectivity index (χ1) is 2.64. The van der Waals surface area contributed by atoms with Gasteiger partial charge >= 0.3 is 0 Å². The highest BCUT2D eigenvalue weighted by atomic mass is 16.4. The highest BCUT2D eigenvalue weighted by Gasteiger charge is 1.87. The summed E-state index contributed by atoms with van der Waals surface area (Å²) in [5.41, 5.74) is 4.77. The SMILES string of the molecule is C[C@@H](N)C(=O)[O-]. The van der Waals surface area contributed by atoms with E-state index in [-0.39, 0.29) is 0 Å². The Morgan fingerprint density at radius 3 is 2.17 bits per heavy atom. The second-order valence-electron chi connectivity index (χ2n) is 1.11. The van der Waals surface area contributed by atoms with Crippen molar-refractivity contribution in [2.45, 2.75) is 13.0 Å². The molecule has 0 aromatic carbocycles. The number of carbonyl (C=O) groups is 1. The van der Waals surface area contributed by atoms with Crippen LogP contribution in [0.15, 0.2) is 0 Å². The van der Waals surface area contributed by atoms with E-state index in [0.717, 1.165) is 0 Å². The molecule has 0 aliphatic rings. The molecule has 0 bridgehead atoms. The van der Waals surface area contributed by atoms with E-state index < -0.39 is 12.0 Å². The lowest BCUT2D eigenvalue weighted by molar-refractivity contribution is -0.306. The van der Waals surface area contributed by atoms with Crippen LogP contribution in [0.5, 0.6) is 0 Å². The molecule has 2 N–H and O–H groups in total. The van der Waals surface area contributed by atoms with E-state index in [1.807, 2.05) is 0 Å². The smallest absolute Gasteiger partial charge is 0.0579 e. The van der Waals surface area contributed by atoms with Crippen LogP contribution in [-0.4, -0.2) is 12.0 Å². The van der Waals surface area contributed by atoms with Gasteiger partial charge in [-0.1, -0.05) is 0 Å². The van der Waals surface area contributed by atoms with Crippen molar-refractivity contribution in [1.82, 2.24) is 0 Å². The summed E-state index contributed by atoms with van der Waals surface area (Å²) in [6.07, 6.45) is 0. The molecule has 3 nitrogen and oxygen atoms in total. The van der Waals surface area contributed by atoms with Gasteiger partial charge in [-0.05, 0) is 6.92 Å². The van der Waals surface area contributed by atoms with E-state index >= 15 is 0 Å². The number of nitrogens with two attached hydrogens (primary N) is 1. The Balaban J connectivity index is 3.26. The van der Waals surface area contributed by atoms with Crippen LogP contribution < -0.4 is 10.8 Å². The van der Waals surface area contributed by atoms with Crippen molar-refractivity contribution in [2.24, 2.45) is 5.73 Å². The van der Waals surface area contributed by atoms with Crippen molar-refractivity contribution >= 4 is 5.97 Å². The lowest BCUT2D eigenvalue weighted by Gasteiger charge is -2.01. The first kappa shape index (κ1) is 5.43. The summed E-state index contributed by atoms with van der Waals surface area (Å²) in [5, 5.41) is 9.46. The van der Waals surface area contributed by atoms with Crippen molar-refractivity contribution in [1.29, 1.82) is 0 Å². The number of carbonyl (C=O) groups excluding carboxylic acids is 1. The highest BCUT2D eigenvalue weighted by Crippen LogP contribution is 1.63. The number of hydrogen-bond donors (Lipinski definition) is 1. The predicted octanol–water partition coefficient (Wildman–Crippen LogP) is -1.92. The van der Waals surface area contributed by atoms with E-state index in [2.05, 4.69) is 0 Å². The minimum Gasteiger partial charge on any atom is -0.548 e. The van der Waals surface area contributed by atoms with Gasteiger partial charge in [0.2, 0.25) is 0 Å². The first-order valence-corrected chi connectivity index (χ1v) is 1.61. The van der Waals surface area contributed by atoms with E-state index in [0.29, 0.717) is 0 Å². The third-order valence-electron chi connectivity index (χ3n) is 0.372. The Hall–Kier alpha value is -0.570. The van der Waals surface area contributed by atoms with E-state index in [1.165, 1.54) is 6.92 Å². The second kappa shape index (κ2) is 1.77. The summed E-state index contributed by atoms with van der Waals surface area (Å²) in [6.45, 7) is 1.36. The van der Waals surface area contributed by atoms with Crippen LogP contribution in [0.4, 0.5) is 0 Å². The van der Waals surface area contributed by atoms with E-state index in [4.69, 9.17) is 5.73 Å². The Bertz CT molecular complexity index is 59.8. The van der Waals surface area contributed by atoms with Crippen LogP contribution in [0, 0.1) is 0 Å². The Morgan fingerprint density at radius 1 is 2.00 bits per heavy atom. The minimum atomic E-state index is -1.21. The molecule has 0 aromatic heterocycles. The van der Waals surface area contributed by atoms with E-state index in [9.17, 15) is 9.90 Å². The largest absolute Gasteiger partial charge is 0.548 e. The maximum absolute atomic E-state index is 9.46. The van der Waals surface area contributed by atoms with Crippen molar-refractivity contribution in [3.05, 3.63) is 0 Å². The molecule has 0 rings (SSSR count). The normalized spacial score (nSPS) is 13.7. The molecule has 0 amide bonds. The highest BCUT2D eigenvalue weighted by molar-refractivity contribution is 5.70. The molecule has 0 fully saturated rings. The van der Waals surface area contributed by atoms with Crippen LogP contribution >= 0.6 is 0 Å². The van der Waals surface area contributed by atoms with Crippen molar-refractivity contribution < 1.29 is 9.90 Å². The first-order valence-electron chi connectivity index (χ1n) is 1.61. The molecule has 0 aliphatic heterocycles.